The summed E-state index contributed by atoms with van der Waals surface area (Å²) >= 11 is 0. The third kappa shape index (κ3) is 4.89. The van der Waals surface area contributed by atoms with Crippen LogP contribution in [0, 0.1) is 11.8 Å². The molecule has 6 nitrogen and oxygen atoms in total. The Morgan fingerprint density at radius 2 is 1.59 bits per heavy atom. The number of sulfonamides is 1. The normalized spacial score (nSPS) is 30.0. The second-order valence-corrected chi connectivity index (χ2v) is 10.3. The van der Waals surface area contributed by atoms with Gasteiger partial charge in [-0.2, -0.15) is 4.31 Å². The molecule has 1 heterocycles. The summed E-state index contributed by atoms with van der Waals surface area (Å²) in [6.45, 7) is 5.28. The zero-order valence-corrected chi connectivity index (χ0v) is 17.0. The van der Waals surface area contributed by atoms with Crippen LogP contribution < -0.4 is 11.1 Å². The first kappa shape index (κ1) is 20.3. The van der Waals surface area contributed by atoms with Gasteiger partial charge in [0.1, 0.15) is 0 Å². The Hall–Kier alpha value is -1.44. The van der Waals surface area contributed by atoms with Crippen LogP contribution in [0.2, 0.25) is 0 Å². The fraction of sp³-hybridized carbons (Fsp3) is 0.650. The smallest absolute Gasteiger partial charge is 0.251 e. The monoisotopic (exact) mass is 393 g/mol. The van der Waals surface area contributed by atoms with Crippen molar-refractivity contribution in [3.05, 3.63) is 29.8 Å². The average molecular weight is 394 g/mol. The summed E-state index contributed by atoms with van der Waals surface area (Å²) in [7, 11) is -3.52. The van der Waals surface area contributed by atoms with E-state index in [0.717, 1.165) is 32.1 Å². The first-order chi connectivity index (χ1) is 12.8. The number of nitrogens with zero attached hydrogens (tertiary/aromatic N) is 1. The maximum absolute atomic E-state index is 12.9. The molecule has 0 aromatic heterocycles. The average Bonchev–Trinajstić information content (AvgIpc) is 2.63. The predicted molar refractivity (Wildman–Crippen MR) is 106 cm³/mol. The van der Waals surface area contributed by atoms with Gasteiger partial charge in [0, 0.05) is 30.7 Å². The van der Waals surface area contributed by atoms with Crippen molar-refractivity contribution >= 4 is 15.9 Å². The highest BCUT2D eigenvalue weighted by molar-refractivity contribution is 7.89. The third-order valence-electron chi connectivity index (χ3n) is 5.70. The van der Waals surface area contributed by atoms with Crippen molar-refractivity contribution in [3.63, 3.8) is 0 Å². The van der Waals surface area contributed by atoms with Gasteiger partial charge in [-0.05, 0) is 68.2 Å². The van der Waals surface area contributed by atoms with Crippen LogP contribution in [-0.4, -0.2) is 43.8 Å². The Morgan fingerprint density at radius 1 is 1.04 bits per heavy atom. The molecule has 0 bridgehead atoms. The largest absolute Gasteiger partial charge is 0.349 e. The zero-order valence-electron chi connectivity index (χ0n) is 16.2. The van der Waals surface area contributed by atoms with Crippen molar-refractivity contribution < 1.29 is 13.2 Å². The molecule has 3 N–H and O–H groups in total. The Bertz CT molecular complexity index is 745. The van der Waals surface area contributed by atoms with Gasteiger partial charge >= 0.3 is 0 Å². The van der Waals surface area contributed by atoms with E-state index in [4.69, 9.17) is 5.73 Å². The SMILES string of the molecule is CC1CC(C)CN(S(=O)(=O)c2ccc(C(=O)NC3CCC(N)CC3)cc2)C1. The number of hydrogen-bond donors (Lipinski definition) is 2. The molecule has 1 aromatic rings. The van der Waals surface area contributed by atoms with Gasteiger partial charge in [0.2, 0.25) is 10.0 Å². The van der Waals surface area contributed by atoms with Crippen molar-refractivity contribution in [2.45, 2.75) is 62.9 Å². The van der Waals surface area contributed by atoms with E-state index >= 15 is 0 Å². The zero-order chi connectivity index (χ0) is 19.6. The van der Waals surface area contributed by atoms with E-state index in [2.05, 4.69) is 19.2 Å². The molecule has 0 radical (unpaired) electrons. The number of carbonyl (C=O) groups excluding carboxylic acids is 1. The first-order valence-corrected chi connectivity index (χ1v) is 11.4. The third-order valence-corrected chi connectivity index (χ3v) is 7.54. The van der Waals surface area contributed by atoms with Crippen molar-refractivity contribution in [3.8, 4) is 0 Å². The number of benzene rings is 1. The molecule has 1 aliphatic heterocycles. The lowest BCUT2D eigenvalue weighted by Gasteiger charge is -2.34. The molecule has 27 heavy (non-hydrogen) atoms. The maximum Gasteiger partial charge on any atom is 0.251 e. The predicted octanol–water partition coefficient (Wildman–Crippen LogP) is 2.35. The number of nitrogens with one attached hydrogen (secondary N) is 1. The van der Waals surface area contributed by atoms with Gasteiger partial charge in [-0.1, -0.05) is 13.8 Å². The van der Waals surface area contributed by atoms with Crippen LogP contribution in [0.3, 0.4) is 0 Å². The molecule has 1 saturated carbocycles. The Kier molecular flexibility index (Phi) is 6.23. The van der Waals surface area contributed by atoms with Gasteiger partial charge < -0.3 is 11.1 Å². The molecule has 2 fully saturated rings. The molecule has 2 atom stereocenters. The number of amides is 1. The fourth-order valence-electron chi connectivity index (χ4n) is 4.26. The molecule has 1 aliphatic carbocycles. The van der Waals surface area contributed by atoms with E-state index in [1.54, 1.807) is 28.6 Å². The standard InChI is InChI=1S/C20H31N3O3S/c1-14-11-15(2)13-23(12-14)27(25,26)19-9-3-16(4-10-19)20(24)22-18-7-5-17(21)6-8-18/h3-4,9-10,14-15,17-18H,5-8,11-13,21H2,1-2H3,(H,22,24). The molecule has 1 amide bonds. The molecule has 2 unspecified atom stereocenters. The highest BCUT2D eigenvalue weighted by Crippen LogP contribution is 2.27. The van der Waals surface area contributed by atoms with Crippen LogP contribution in [0.5, 0.6) is 0 Å². The van der Waals surface area contributed by atoms with Crippen LogP contribution >= 0.6 is 0 Å². The number of rotatable bonds is 4. The van der Waals surface area contributed by atoms with E-state index in [-0.39, 0.29) is 22.9 Å². The van der Waals surface area contributed by atoms with Gasteiger partial charge in [0.25, 0.3) is 5.91 Å². The highest BCUT2D eigenvalue weighted by Gasteiger charge is 2.31. The summed E-state index contributed by atoms with van der Waals surface area (Å²) in [6, 6.07) is 6.69. The van der Waals surface area contributed by atoms with E-state index in [0.29, 0.717) is 30.5 Å². The molecule has 0 spiro atoms. The lowest BCUT2D eigenvalue weighted by atomic mass is 9.91. The van der Waals surface area contributed by atoms with Gasteiger partial charge in [0.15, 0.2) is 0 Å². The minimum absolute atomic E-state index is 0.150. The van der Waals surface area contributed by atoms with Crippen molar-refractivity contribution in [1.29, 1.82) is 0 Å². The van der Waals surface area contributed by atoms with Crippen LogP contribution in [0.1, 0.15) is 56.3 Å². The minimum Gasteiger partial charge on any atom is -0.349 e. The fourth-order valence-corrected chi connectivity index (χ4v) is 5.94. The van der Waals surface area contributed by atoms with Crippen molar-refractivity contribution in [1.82, 2.24) is 9.62 Å². The Balaban J connectivity index is 1.66. The first-order valence-electron chi connectivity index (χ1n) is 9.92. The van der Waals surface area contributed by atoms with Crippen LogP contribution in [0.4, 0.5) is 0 Å². The van der Waals surface area contributed by atoms with Gasteiger partial charge in [-0.15, -0.1) is 0 Å². The number of hydrogen-bond acceptors (Lipinski definition) is 4. The van der Waals surface area contributed by atoms with Crippen LogP contribution in [-0.2, 0) is 10.0 Å². The van der Waals surface area contributed by atoms with Crippen LogP contribution in [0.25, 0.3) is 0 Å². The second kappa shape index (κ2) is 8.29. The van der Waals surface area contributed by atoms with Gasteiger partial charge in [-0.25, -0.2) is 8.42 Å². The highest BCUT2D eigenvalue weighted by atomic mass is 32.2. The lowest BCUT2D eigenvalue weighted by molar-refractivity contribution is 0.0925. The molecule has 1 aromatic carbocycles. The summed E-state index contributed by atoms with van der Waals surface area (Å²) < 4.78 is 27.4. The van der Waals surface area contributed by atoms with Crippen molar-refractivity contribution in [2.24, 2.45) is 17.6 Å². The van der Waals surface area contributed by atoms with E-state index in [9.17, 15) is 13.2 Å². The second-order valence-electron chi connectivity index (χ2n) is 8.38. The van der Waals surface area contributed by atoms with E-state index in [1.165, 1.54) is 0 Å². The lowest BCUT2D eigenvalue weighted by Crippen LogP contribution is -2.42. The van der Waals surface area contributed by atoms with E-state index < -0.39 is 10.0 Å². The summed E-state index contributed by atoms with van der Waals surface area (Å²) in [6.07, 6.45) is 4.69. The quantitative estimate of drug-likeness (QED) is 0.821. The molecule has 150 valence electrons. The Labute approximate surface area is 162 Å². The molecule has 2 aliphatic rings. The van der Waals surface area contributed by atoms with Crippen molar-refractivity contribution in [2.75, 3.05) is 13.1 Å². The molecule has 1 saturated heterocycles. The number of carbonyl (C=O) groups is 1. The van der Waals surface area contributed by atoms with Gasteiger partial charge in [-0.3, -0.25) is 4.79 Å². The molecular formula is C20H31N3O3S. The summed E-state index contributed by atoms with van der Waals surface area (Å²) in [4.78, 5) is 12.7. The minimum atomic E-state index is -3.52. The molecule has 3 rings (SSSR count). The summed E-state index contributed by atoms with van der Waals surface area (Å²) in [5, 5.41) is 3.03. The maximum atomic E-state index is 12.9. The molecule has 7 heteroatoms. The topological polar surface area (TPSA) is 92.5 Å². The summed E-state index contributed by atoms with van der Waals surface area (Å²) in [5.41, 5.74) is 6.39. The number of piperidine rings is 1. The van der Waals surface area contributed by atoms with E-state index in [1.807, 2.05) is 0 Å². The summed E-state index contributed by atoms with van der Waals surface area (Å²) in [5.74, 6) is 0.564. The van der Waals surface area contributed by atoms with Gasteiger partial charge in [0.05, 0.1) is 4.90 Å². The molecular weight excluding hydrogens is 362 g/mol. The Morgan fingerprint density at radius 3 is 2.15 bits per heavy atom. The van der Waals surface area contributed by atoms with Crippen LogP contribution in [0.15, 0.2) is 29.2 Å². The number of nitrogens with two attached hydrogens (primary N) is 1.